The van der Waals surface area contributed by atoms with Gasteiger partial charge in [-0.05, 0) is 12.1 Å². The zero-order chi connectivity index (χ0) is 11.7. The molecule has 0 aliphatic carbocycles. The van der Waals surface area contributed by atoms with Gasteiger partial charge in [0.1, 0.15) is 11.7 Å². The minimum atomic E-state index is -1.09. The van der Waals surface area contributed by atoms with E-state index >= 15 is 0 Å². The van der Waals surface area contributed by atoms with Gasteiger partial charge in [0, 0.05) is 19.2 Å². The molecule has 2 atom stereocenters. The minimum absolute atomic E-state index is 0.0643. The summed E-state index contributed by atoms with van der Waals surface area (Å²) in [4.78, 5) is 26.7. The maximum atomic E-state index is 11.9. The van der Waals surface area contributed by atoms with Gasteiger partial charge in [-0.3, -0.25) is 4.79 Å². The number of H-pyrrole nitrogens is 1. The van der Waals surface area contributed by atoms with E-state index < -0.39 is 24.0 Å². The number of aliphatic hydroxyl groups excluding tert-OH is 1. The number of hydrogen-bond acceptors (Lipinski definition) is 3. The Morgan fingerprint density at radius 1 is 1.50 bits per heavy atom. The fourth-order valence-electron chi connectivity index (χ4n) is 1.89. The average molecular weight is 224 g/mol. The number of aliphatic hydroxyl groups is 1. The number of likely N-dealkylation sites (tertiary alicyclic amines) is 1. The van der Waals surface area contributed by atoms with Crippen LogP contribution in [0.5, 0.6) is 0 Å². The Hall–Kier alpha value is -1.82. The lowest BCUT2D eigenvalue weighted by atomic mass is 10.2. The van der Waals surface area contributed by atoms with Crippen LogP contribution in [0.4, 0.5) is 0 Å². The smallest absolute Gasteiger partial charge is 0.326 e. The van der Waals surface area contributed by atoms with Crippen molar-refractivity contribution in [2.45, 2.75) is 18.6 Å². The first-order valence-electron chi connectivity index (χ1n) is 4.95. The summed E-state index contributed by atoms with van der Waals surface area (Å²) in [6, 6.07) is 2.30. The summed E-state index contributed by atoms with van der Waals surface area (Å²) >= 11 is 0. The van der Waals surface area contributed by atoms with Gasteiger partial charge in [0.2, 0.25) is 0 Å². The third kappa shape index (κ3) is 1.79. The first-order valence-corrected chi connectivity index (χ1v) is 4.95. The van der Waals surface area contributed by atoms with Crippen LogP contribution in [0, 0.1) is 0 Å². The molecule has 1 saturated heterocycles. The van der Waals surface area contributed by atoms with Crippen molar-refractivity contribution in [1.82, 2.24) is 9.88 Å². The monoisotopic (exact) mass is 224 g/mol. The Bertz CT molecular complexity index is 401. The third-order valence-electron chi connectivity index (χ3n) is 2.65. The van der Waals surface area contributed by atoms with Crippen molar-refractivity contribution >= 4 is 11.9 Å². The molecule has 0 spiro atoms. The number of carboxylic acids is 1. The predicted octanol–water partition coefficient (Wildman–Crippen LogP) is -0.325. The van der Waals surface area contributed by atoms with E-state index in [2.05, 4.69) is 4.98 Å². The second kappa shape index (κ2) is 3.97. The number of amides is 1. The highest BCUT2D eigenvalue weighted by Crippen LogP contribution is 2.20. The Morgan fingerprint density at radius 3 is 2.81 bits per heavy atom. The summed E-state index contributed by atoms with van der Waals surface area (Å²) in [5, 5.41) is 18.3. The van der Waals surface area contributed by atoms with E-state index in [4.69, 9.17) is 5.11 Å². The Balaban J connectivity index is 2.20. The topological polar surface area (TPSA) is 93.6 Å². The van der Waals surface area contributed by atoms with Crippen LogP contribution in [0.15, 0.2) is 18.3 Å². The van der Waals surface area contributed by atoms with E-state index in [-0.39, 0.29) is 13.0 Å². The van der Waals surface area contributed by atoms with Crippen LogP contribution in [0.2, 0.25) is 0 Å². The van der Waals surface area contributed by atoms with Gasteiger partial charge in [0.05, 0.1) is 6.10 Å². The second-order valence-electron chi connectivity index (χ2n) is 3.78. The SMILES string of the molecule is O=C(O)[C@@H]1C[C@@H](O)CN1C(=O)c1ccc[nH]1. The number of nitrogens with zero attached hydrogens (tertiary/aromatic N) is 1. The lowest BCUT2D eigenvalue weighted by Crippen LogP contribution is -2.40. The first-order chi connectivity index (χ1) is 7.59. The molecule has 2 rings (SSSR count). The number of aromatic nitrogens is 1. The van der Waals surface area contributed by atoms with E-state index in [1.807, 2.05) is 0 Å². The van der Waals surface area contributed by atoms with Crippen molar-refractivity contribution in [3.05, 3.63) is 24.0 Å². The Labute approximate surface area is 91.5 Å². The maximum Gasteiger partial charge on any atom is 0.326 e. The molecule has 3 N–H and O–H groups in total. The van der Waals surface area contributed by atoms with E-state index in [0.29, 0.717) is 5.69 Å². The highest BCUT2D eigenvalue weighted by Gasteiger charge is 2.39. The summed E-state index contributed by atoms with van der Waals surface area (Å²) < 4.78 is 0. The lowest BCUT2D eigenvalue weighted by molar-refractivity contribution is -0.141. The average Bonchev–Trinajstić information content (AvgIpc) is 2.84. The van der Waals surface area contributed by atoms with Crippen molar-refractivity contribution in [2.24, 2.45) is 0 Å². The van der Waals surface area contributed by atoms with Crippen molar-refractivity contribution in [2.75, 3.05) is 6.54 Å². The quantitative estimate of drug-likeness (QED) is 0.641. The molecule has 0 unspecified atom stereocenters. The van der Waals surface area contributed by atoms with Gasteiger partial charge in [-0.2, -0.15) is 0 Å². The molecule has 86 valence electrons. The fraction of sp³-hybridized carbons (Fsp3) is 0.400. The molecule has 0 aromatic carbocycles. The molecular formula is C10H12N2O4. The molecule has 6 heteroatoms. The molecule has 1 aliphatic heterocycles. The van der Waals surface area contributed by atoms with Crippen molar-refractivity contribution < 1.29 is 19.8 Å². The molecule has 1 aliphatic rings. The number of nitrogens with one attached hydrogen (secondary N) is 1. The van der Waals surface area contributed by atoms with Crippen LogP contribution >= 0.6 is 0 Å². The van der Waals surface area contributed by atoms with Gasteiger partial charge in [0.15, 0.2) is 0 Å². The standard InChI is InChI=1S/C10H12N2O4/c13-6-4-8(10(15)16)12(5-6)9(14)7-2-1-3-11-7/h1-3,6,8,11,13H,4-5H2,(H,15,16)/t6-,8+/m1/s1. The van der Waals surface area contributed by atoms with E-state index in [1.165, 1.54) is 4.90 Å². The summed E-state index contributed by atoms with van der Waals surface area (Å²) in [5.74, 6) is -1.48. The Morgan fingerprint density at radius 2 is 2.25 bits per heavy atom. The van der Waals surface area contributed by atoms with Gasteiger partial charge < -0.3 is 20.1 Å². The summed E-state index contributed by atoms with van der Waals surface area (Å²) in [7, 11) is 0. The highest BCUT2D eigenvalue weighted by atomic mass is 16.4. The van der Waals surface area contributed by atoms with Crippen molar-refractivity contribution in [3.63, 3.8) is 0 Å². The number of carbonyl (C=O) groups excluding carboxylic acids is 1. The molecule has 1 fully saturated rings. The van der Waals surface area contributed by atoms with Crippen LogP contribution in [0.1, 0.15) is 16.9 Å². The predicted molar refractivity (Wildman–Crippen MR) is 53.9 cm³/mol. The molecule has 6 nitrogen and oxygen atoms in total. The minimum Gasteiger partial charge on any atom is -0.480 e. The van der Waals surface area contributed by atoms with Gasteiger partial charge in [-0.15, -0.1) is 0 Å². The normalized spacial score (nSPS) is 24.7. The first kappa shape index (κ1) is 10.7. The van der Waals surface area contributed by atoms with Crippen LogP contribution in [0.3, 0.4) is 0 Å². The molecule has 16 heavy (non-hydrogen) atoms. The van der Waals surface area contributed by atoms with Gasteiger partial charge in [0.25, 0.3) is 5.91 Å². The number of aromatic amines is 1. The molecule has 1 amide bonds. The molecular weight excluding hydrogens is 212 g/mol. The van der Waals surface area contributed by atoms with Crippen LogP contribution in [-0.2, 0) is 4.79 Å². The molecule has 2 heterocycles. The molecule has 1 aromatic heterocycles. The largest absolute Gasteiger partial charge is 0.480 e. The van der Waals surface area contributed by atoms with Crippen LogP contribution < -0.4 is 0 Å². The van der Waals surface area contributed by atoms with E-state index in [9.17, 15) is 14.7 Å². The zero-order valence-electron chi connectivity index (χ0n) is 8.46. The van der Waals surface area contributed by atoms with Gasteiger partial charge >= 0.3 is 5.97 Å². The number of carboxylic acid groups (broad SMARTS) is 1. The van der Waals surface area contributed by atoms with Crippen molar-refractivity contribution in [1.29, 1.82) is 0 Å². The molecule has 0 radical (unpaired) electrons. The number of carbonyl (C=O) groups is 2. The number of rotatable bonds is 2. The highest BCUT2D eigenvalue weighted by molar-refractivity contribution is 5.95. The number of aliphatic carboxylic acids is 1. The van der Waals surface area contributed by atoms with E-state index in [1.54, 1.807) is 18.3 Å². The number of hydrogen-bond donors (Lipinski definition) is 3. The Kier molecular flexibility index (Phi) is 2.66. The lowest BCUT2D eigenvalue weighted by Gasteiger charge is -2.20. The summed E-state index contributed by atoms with van der Waals surface area (Å²) in [6.07, 6.45) is 0.914. The van der Waals surface area contributed by atoms with Gasteiger partial charge in [-0.1, -0.05) is 0 Å². The van der Waals surface area contributed by atoms with Crippen molar-refractivity contribution in [3.8, 4) is 0 Å². The maximum absolute atomic E-state index is 11.9. The summed E-state index contributed by atoms with van der Waals surface area (Å²) in [6.45, 7) is 0.0643. The molecule has 0 saturated carbocycles. The van der Waals surface area contributed by atoms with Crippen LogP contribution in [-0.4, -0.2) is 50.7 Å². The van der Waals surface area contributed by atoms with Gasteiger partial charge in [-0.25, -0.2) is 4.79 Å². The molecule has 0 bridgehead atoms. The number of β-amino-alcohol motifs (C(OH)–C–C–N with tert-alkyl or cyclic N) is 1. The second-order valence-corrected chi connectivity index (χ2v) is 3.78. The van der Waals surface area contributed by atoms with Crippen LogP contribution in [0.25, 0.3) is 0 Å². The summed E-state index contributed by atoms with van der Waals surface area (Å²) in [5.41, 5.74) is 0.334. The zero-order valence-corrected chi connectivity index (χ0v) is 8.46. The van der Waals surface area contributed by atoms with E-state index in [0.717, 1.165) is 0 Å². The third-order valence-corrected chi connectivity index (χ3v) is 2.65. The fourth-order valence-corrected chi connectivity index (χ4v) is 1.89. The molecule has 1 aromatic rings.